The third kappa shape index (κ3) is 5.46. The first-order valence-corrected chi connectivity index (χ1v) is 9.31. The summed E-state index contributed by atoms with van der Waals surface area (Å²) < 4.78 is 1.95. The average Bonchev–Trinajstić information content (AvgIpc) is 3.30. The molecule has 2 heterocycles. The Balaban J connectivity index is 1.56. The van der Waals surface area contributed by atoms with Crippen LogP contribution in [0.2, 0.25) is 0 Å². The number of nitrogens with zero attached hydrogens (tertiary/aromatic N) is 3. The molecule has 0 saturated carbocycles. The molecule has 0 amide bonds. The van der Waals surface area contributed by atoms with E-state index >= 15 is 0 Å². The summed E-state index contributed by atoms with van der Waals surface area (Å²) in [5, 5.41) is 13.2. The maximum atomic E-state index is 4.65. The molecule has 1 aromatic carbocycles. The lowest BCUT2D eigenvalue weighted by molar-refractivity contribution is 0.686. The van der Waals surface area contributed by atoms with Gasteiger partial charge in [-0.05, 0) is 23.9 Å². The van der Waals surface area contributed by atoms with E-state index in [9.17, 15) is 0 Å². The topological polar surface area (TPSA) is 54.2 Å². The van der Waals surface area contributed by atoms with E-state index in [1.54, 1.807) is 11.3 Å². The van der Waals surface area contributed by atoms with Gasteiger partial charge >= 0.3 is 0 Å². The van der Waals surface area contributed by atoms with E-state index in [1.807, 2.05) is 29.1 Å². The van der Waals surface area contributed by atoms with Crippen LogP contribution in [0, 0.1) is 0 Å². The van der Waals surface area contributed by atoms with Gasteiger partial charge in [-0.3, -0.25) is 4.68 Å². The molecule has 2 N–H and O–H groups in total. The number of rotatable bonds is 7. The summed E-state index contributed by atoms with van der Waals surface area (Å²) in [5.74, 6) is 0.826. The van der Waals surface area contributed by atoms with Crippen LogP contribution in [-0.4, -0.2) is 22.3 Å². The molecule has 0 unspecified atom stereocenters. The van der Waals surface area contributed by atoms with Crippen molar-refractivity contribution in [2.75, 3.05) is 6.54 Å². The second kappa shape index (κ2) is 9.03. The third-order valence-electron chi connectivity index (χ3n) is 3.65. The van der Waals surface area contributed by atoms with Crippen LogP contribution in [-0.2, 0) is 19.6 Å². The van der Waals surface area contributed by atoms with E-state index in [0.717, 1.165) is 31.2 Å². The molecule has 0 atom stereocenters. The van der Waals surface area contributed by atoms with E-state index in [4.69, 9.17) is 0 Å². The molecule has 5 nitrogen and oxygen atoms in total. The monoisotopic (exact) mass is 353 g/mol. The minimum atomic E-state index is 0.606. The molecule has 0 spiro atoms. The Labute approximate surface area is 152 Å². The number of benzene rings is 1. The fraction of sp³-hybridized carbons (Fsp3) is 0.263. The molecule has 3 aromatic rings. The highest BCUT2D eigenvalue weighted by atomic mass is 32.1. The number of aromatic nitrogens is 2. The normalized spacial score (nSPS) is 11.5. The Morgan fingerprint density at radius 3 is 2.76 bits per heavy atom. The van der Waals surface area contributed by atoms with Gasteiger partial charge in [-0.15, -0.1) is 11.3 Å². The molecule has 0 radical (unpaired) electrons. The molecule has 0 fully saturated rings. The summed E-state index contributed by atoms with van der Waals surface area (Å²) in [7, 11) is 0. The lowest BCUT2D eigenvalue weighted by Gasteiger charge is -2.10. The van der Waals surface area contributed by atoms with Crippen molar-refractivity contribution in [2.24, 2.45) is 4.99 Å². The third-order valence-corrected chi connectivity index (χ3v) is 4.52. The van der Waals surface area contributed by atoms with E-state index < -0.39 is 0 Å². The SMILES string of the molecule is CCNC(=NCc1cnn(Cc2ccccc2)c1)NCc1cccs1. The van der Waals surface area contributed by atoms with Crippen molar-refractivity contribution in [1.82, 2.24) is 20.4 Å². The van der Waals surface area contributed by atoms with Gasteiger partial charge in [0.2, 0.25) is 0 Å². The predicted molar refractivity (Wildman–Crippen MR) is 104 cm³/mol. The molecule has 0 aliphatic carbocycles. The molecule has 6 heteroatoms. The van der Waals surface area contributed by atoms with Crippen LogP contribution in [0.25, 0.3) is 0 Å². The minimum Gasteiger partial charge on any atom is -0.357 e. The van der Waals surface area contributed by atoms with Gasteiger partial charge in [-0.1, -0.05) is 36.4 Å². The zero-order valence-corrected chi connectivity index (χ0v) is 15.2. The number of hydrogen-bond acceptors (Lipinski definition) is 3. The van der Waals surface area contributed by atoms with Crippen LogP contribution in [0.5, 0.6) is 0 Å². The van der Waals surface area contributed by atoms with Crippen LogP contribution in [0.1, 0.15) is 22.9 Å². The van der Waals surface area contributed by atoms with Crippen LogP contribution in [0.15, 0.2) is 65.2 Å². The number of guanidine groups is 1. The summed E-state index contributed by atoms with van der Waals surface area (Å²) in [6, 6.07) is 14.5. The molecule has 0 aliphatic rings. The highest BCUT2D eigenvalue weighted by molar-refractivity contribution is 7.09. The second-order valence-electron chi connectivity index (χ2n) is 5.66. The quantitative estimate of drug-likeness (QED) is 0.506. The van der Waals surface area contributed by atoms with E-state index in [1.165, 1.54) is 10.4 Å². The minimum absolute atomic E-state index is 0.606. The van der Waals surface area contributed by atoms with Crippen LogP contribution in [0.4, 0.5) is 0 Å². The molecular formula is C19H23N5S. The van der Waals surface area contributed by atoms with Gasteiger partial charge in [0.15, 0.2) is 5.96 Å². The highest BCUT2D eigenvalue weighted by Crippen LogP contribution is 2.08. The number of hydrogen-bond donors (Lipinski definition) is 2. The molecule has 0 saturated heterocycles. The Kier molecular flexibility index (Phi) is 6.23. The van der Waals surface area contributed by atoms with Gasteiger partial charge in [0.25, 0.3) is 0 Å². The fourth-order valence-corrected chi connectivity index (χ4v) is 3.09. The summed E-state index contributed by atoms with van der Waals surface area (Å²) in [6.45, 7) is 5.08. The van der Waals surface area contributed by atoms with Crippen LogP contribution < -0.4 is 10.6 Å². The van der Waals surface area contributed by atoms with Crippen molar-refractivity contribution in [3.63, 3.8) is 0 Å². The van der Waals surface area contributed by atoms with Crippen molar-refractivity contribution in [1.29, 1.82) is 0 Å². The first-order valence-electron chi connectivity index (χ1n) is 8.43. The van der Waals surface area contributed by atoms with Crippen molar-refractivity contribution in [2.45, 2.75) is 26.6 Å². The lowest BCUT2D eigenvalue weighted by atomic mass is 10.2. The van der Waals surface area contributed by atoms with Gasteiger partial charge in [-0.2, -0.15) is 5.10 Å². The number of thiophene rings is 1. The molecule has 25 heavy (non-hydrogen) atoms. The largest absolute Gasteiger partial charge is 0.357 e. The summed E-state index contributed by atoms with van der Waals surface area (Å²) in [5.41, 5.74) is 2.34. The molecule has 130 valence electrons. The second-order valence-corrected chi connectivity index (χ2v) is 6.69. The molecule has 0 bridgehead atoms. The highest BCUT2D eigenvalue weighted by Gasteiger charge is 2.02. The predicted octanol–water partition coefficient (Wildman–Crippen LogP) is 3.25. The zero-order valence-electron chi connectivity index (χ0n) is 14.4. The Morgan fingerprint density at radius 1 is 1.12 bits per heavy atom. The number of aliphatic imine (C=N–C) groups is 1. The van der Waals surface area contributed by atoms with E-state index in [0.29, 0.717) is 6.54 Å². The van der Waals surface area contributed by atoms with E-state index in [-0.39, 0.29) is 0 Å². The van der Waals surface area contributed by atoms with Gasteiger partial charge in [0.05, 0.1) is 25.8 Å². The molecular weight excluding hydrogens is 330 g/mol. The molecule has 0 aliphatic heterocycles. The molecule has 3 rings (SSSR count). The van der Waals surface area contributed by atoms with Gasteiger partial charge in [0.1, 0.15) is 0 Å². The van der Waals surface area contributed by atoms with Crippen LogP contribution in [0.3, 0.4) is 0 Å². The fourth-order valence-electron chi connectivity index (χ4n) is 2.44. The van der Waals surface area contributed by atoms with Gasteiger partial charge < -0.3 is 10.6 Å². The van der Waals surface area contributed by atoms with Crippen LogP contribution >= 0.6 is 11.3 Å². The van der Waals surface area contributed by atoms with Crippen molar-refractivity contribution in [3.05, 3.63) is 76.2 Å². The summed E-state index contributed by atoms with van der Waals surface area (Å²) in [4.78, 5) is 5.94. The Morgan fingerprint density at radius 2 is 2.00 bits per heavy atom. The Hall–Kier alpha value is -2.60. The standard InChI is InChI=1S/C19H23N5S/c1-2-20-19(22-13-18-9-6-10-25-18)21-11-17-12-23-24(15-17)14-16-7-4-3-5-8-16/h3-10,12,15H,2,11,13-14H2,1H3,(H2,20,21,22). The van der Waals surface area contributed by atoms with Crippen molar-refractivity contribution >= 4 is 17.3 Å². The average molecular weight is 353 g/mol. The summed E-state index contributed by atoms with van der Waals surface area (Å²) in [6.07, 6.45) is 3.94. The van der Waals surface area contributed by atoms with Gasteiger partial charge in [-0.25, -0.2) is 4.99 Å². The molecule has 2 aromatic heterocycles. The van der Waals surface area contributed by atoms with Crippen molar-refractivity contribution in [3.8, 4) is 0 Å². The number of nitrogens with one attached hydrogen (secondary N) is 2. The first kappa shape index (κ1) is 17.2. The Bertz CT molecular complexity index is 777. The smallest absolute Gasteiger partial charge is 0.191 e. The van der Waals surface area contributed by atoms with Crippen molar-refractivity contribution < 1.29 is 0 Å². The van der Waals surface area contributed by atoms with E-state index in [2.05, 4.69) is 63.5 Å². The zero-order chi connectivity index (χ0) is 17.3. The summed E-state index contributed by atoms with van der Waals surface area (Å²) >= 11 is 1.74. The lowest BCUT2D eigenvalue weighted by Crippen LogP contribution is -2.36. The maximum absolute atomic E-state index is 4.65. The first-order chi connectivity index (χ1) is 12.3. The maximum Gasteiger partial charge on any atom is 0.191 e. The van der Waals surface area contributed by atoms with Gasteiger partial charge in [0, 0.05) is 23.2 Å².